The minimum Gasteiger partial charge on any atom is -0.321 e. The fourth-order valence-electron chi connectivity index (χ4n) is 1.44. The van der Waals surface area contributed by atoms with E-state index in [4.69, 9.17) is 0 Å². The predicted octanol–water partition coefficient (Wildman–Crippen LogP) is 4.47. The summed E-state index contributed by atoms with van der Waals surface area (Å²) in [7, 11) is 0. The lowest BCUT2D eigenvalue weighted by Crippen LogP contribution is -2.08. The van der Waals surface area contributed by atoms with Crippen LogP contribution in [-0.4, -0.2) is 5.91 Å². The normalized spacial score (nSPS) is 10.8. The molecule has 2 rings (SSSR count). The van der Waals surface area contributed by atoms with Crippen molar-refractivity contribution in [3.05, 3.63) is 56.7 Å². The van der Waals surface area contributed by atoms with Crippen molar-refractivity contribution in [2.45, 2.75) is 6.92 Å². The number of amides is 1. The van der Waals surface area contributed by atoms with Gasteiger partial charge in [0.1, 0.15) is 0 Å². The van der Waals surface area contributed by atoms with Gasteiger partial charge in [-0.3, -0.25) is 4.79 Å². The van der Waals surface area contributed by atoms with Gasteiger partial charge in [-0.05, 0) is 69.0 Å². The molecule has 1 N–H and O–H groups in total. The van der Waals surface area contributed by atoms with Crippen molar-refractivity contribution in [3.8, 4) is 0 Å². The second kappa shape index (κ2) is 5.98. The molecule has 0 aliphatic carbocycles. The van der Waals surface area contributed by atoms with Crippen LogP contribution in [-0.2, 0) is 4.79 Å². The van der Waals surface area contributed by atoms with E-state index in [-0.39, 0.29) is 5.91 Å². The summed E-state index contributed by atoms with van der Waals surface area (Å²) in [6, 6.07) is 7.78. The van der Waals surface area contributed by atoms with Gasteiger partial charge in [-0.2, -0.15) is 11.3 Å². The van der Waals surface area contributed by atoms with E-state index in [0.29, 0.717) is 0 Å². The van der Waals surface area contributed by atoms with E-state index in [1.165, 1.54) is 6.08 Å². The van der Waals surface area contributed by atoms with Crippen LogP contribution in [0, 0.1) is 6.92 Å². The van der Waals surface area contributed by atoms with Gasteiger partial charge in [-0.15, -0.1) is 0 Å². The minimum absolute atomic E-state index is 0.134. The number of hydrogen-bond acceptors (Lipinski definition) is 2. The van der Waals surface area contributed by atoms with Crippen LogP contribution >= 0.6 is 27.3 Å². The smallest absolute Gasteiger partial charge is 0.248 e. The lowest BCUT2D eigenvalue weighted by atomic mass is 10.2. The molecular formula is C14H12BrNOS. The predicted molar refractivity (Wildman–Crippen MR) is 80.9 cm³/mol. The molecular weight excluding hydrogens is 310 g/mol. The monoisotopic (exact) mass is 321 g/mol. The van der Waals surface area contributed by atoms with Crippen molar-refractivity contribution in [1.29, 1.82) is 0 Å². The largest absolute Gasteiger partial charge is 0.321 e. The van der Waals surface area contributed by atoms with Gasteiger partial charge < -0.3 is 5.32 Å². The molecule has 0 unspecified atom stereocenters. The Morgan fingerprint density at radius 2 is 2.22 bits per heavy atom. The molecule has 0 bridgehead atoms. The van der Waals surface area contributed by atoms with E-state index >= 15 is 0 Å². The standard InChI is InChI=1S/C14H12BrNOS/c1-10-2-4-13(12(15)8-10)16-14(17)5-3-11-6-7-18-9-11/h2-9H,1H3,(H,16,17)/b5-3+. The number of halogens is 1. The number of carbonyl (C=O) groups excluding carboxylic acids is 1. The number of anilines is 1. The van der Waals surface area contributed by atoms with E-state index in [0.717, 1.165) is 21.3 Å². The number of thiophene rings is 1. The molecule has 92 valence electrons. The van der Waals surface area contributed by atoms with Crippen LogP contribution < -0.4 is 5.32 Å². The SMILES string of the molecule is Cc1ccc(NC(=O)/C=C/c2ccsc2)c(Br)c1. The lowest BCUT2D eigenvalue weighted by molar-refractivity contribution is -0.111. The van der Waals surface area contributed by atoms with E-state index in [2.05, 4.69) is 21.2 Å². The Bertz CT molecular complexity index is 575. The molecule has 1 heterocycles. The van der Waals surface area contributed by atoms with E-state index in [1.54, 1.807) is 17.4 Å². The van der Waals surface area contributed by atoms with Gasteiger partial charge in [0.15, 0.2) is 0 Å². The molecule has 18 heavy (non-hydrogen) atoms. The first kappa shape index (κ1) is 13.1. The maximum Gasteiger partial charge on any atom is 0.248 e. The maximum absolute atomic E-state index is 11.7. The maximum atomic E-state index is 11.7. The van der Waals surface area contributed by atoms with Crippen LogP contribution in [0.3, 0.4) is 0 Å². The van der Waals surface area contributed by atoms with Crippen molar-refractivity contribution in [2.75, 3.05) is 5.32 Å². The summed E-state index contributed by atoms with van der Waals surface area (Å²) >= 11 is 5.04. The number of nitrogens with one attached hydrogen (secondary N) is 1. The number of hydrogen-bond donors (Lipinski definition) is 1. The molecule has 4 heteroatoms. The Hall–Kier alpha value is -1.39. The Kier molecular flexibility index (Phi) is 4.33. The molecule has 0 saturated heterocycles. The second-order valence-electron chi connectivity index (χ2n) is 3.86. The average molecular weight is 322 g/mol. The van der Waals surface area contributed by atoms with Crippen molar-refractivity contribution >= 4 is 44.9 Å². The summed E-state index contributed by atoms with van der Waals surface area (Å²) < 4.78 is 0.889. The number of rotatable bonds is 3. The van der Waals surface area contributed by atoms with Crippen LogP contribution in [0.15, 0.2) is 45.6 Å². The van der Waals surface area contributed by atoms with Gasteiger partial charge in [0.05, 0.1) is 5.69 Å². The Morgan fingerprint density at radius 1 is 1.39 bits per heavy atom. The van der Waals surface area contributed by atoms with Crippen molar-refractivity contribution in [1.82, 2.24) is 0 Å². The molecule has 0 atom stereocenters. The molecule has 2 nitrogen and oxygen atoms in total. The van der Waals surface area contributed by atoms with Gasteiger partial charge in [-0.25, -0.2) is 0 Å². The molecule has 2 aromatic rings. The molecule has 1 aromatic heterocycles. The number of aryl methyl sites for hydroxylation is 1. The molecule has 0 spiro atoms. The zero-order valence-corrected chi connectivity index (χ0v) is 12.2. The Labute approximate surface area is 118 Å². The van der Waals surface area contributed by atoms with Gasteiger partial charge in [0.2, 0.25) is 5.91 Å². The summed E-state index contributed by atoms with van der Waals surface area (Å²) in [6.07, 6.45) is 3.34. The van der Waals surface area contributed by atoms with E-state index in [1.807, 2.05) is 41.9 Å². The van der Waals surface area contributed by atoms with Crippen LogP contribution in [0.1, 0.15) is 11.1 Å². The first-order valence-corrected chi connectivity index (χ1v) is 7.16. The molecule has 0 saturated carbocycles. The van der Waals surface area contributed by atoms with Crippen LogP contribution in [0.25, 0.3) is 6.08 Å². The van der Waals surface area contributed by atoms with Crippen LogP contribution in [0.2, 0.25) is 0 Å². The molecule has 0 aliphatic rings. The number of carbonyl (C=O) groups is 1. The fourth-order valence-corrected chi connectivity index (χ4v) is 2.66. The first-order valence-electron chi connectivity index (χ1n) is 5.42. The van der Waals surface area contributed by atoms with Crippen LogP contribution in [0.5, 0.6) is 0 Å². The summed E-state index contributed by atoms with van der Waals surface area (Å²) in [5, 5.41) is 6.80. The zero-order chi connectivity index (χ0) is 13.0. The number of benzene rings is 1. The zero-order valence-electron chi connectivity index (χ0n) is 9.81. The average Bonchev–Trinajstić information content (AvgIpc) is 2.83. The highest BCUT2D eigenvalue weighted by Gasteiger charge is 2.02. The summed E-state index contributed by atoms with van der Waals surface area (Å²) in [4.78, 5) is 11.7. The van der Waals surface area contributed by atoms with Crippen LogP contribution in [0.4, 0.5) is 5.69 Å². The Balaban J connectivity index is 2.03. The molecule has 1 amide bonds. The van der Waals surface area contributed by atoms with Gasteiger partial charge in [0, 0.05) is 10.5 Å². The molecule has 0 aliphatic heterocycles. The summed E-state index contributed by atoms with van der Waals surface area (Å²) in [6.45, 7) is 2.01. The third-order valence-corrected chi connectivity index (χ3v) is 3.71. The van der Waals surface area contributed by atoms with Gasteiger partial charge in [-0.1, -0.05) is 6.07 Å². The van der Waals surface area contributed by atoms with Crippen molar-refractivity contribution in [3.63, 3.8) is 0 Å². The molecule has 0 radical (unpaired) electrons. The Morgan fingerprint density at radius 3 is 2.89 bits per heavy atom. The fraction of sp³-hybridized carbons (Fsp3) is 0.0714. The third kappa shape index (κ3) is 3.55. The van der Waals surface area contributed by atoms with Crippen molar-refractivity contribution in [2.24, 2.45) is 0 Å². The second-order valence-corrected chi connectivity index (χ2v) is 5.50. The van der Waals surface area contributed by atoms with E-state index < -0.39 is 0 Å². The van der Waals surface area contributed by atoms with Crippen molar-refractivity contribution < 1.29 is 4.79 Å². The summed E-state index contributed by atoms with van der Waals surface area (Å²) in [5.74, 6) is -0.134. The third-order valence-electron chi connectivity index (χ3n) is 2.35. The van der Waals surface area contributed by atoms with E-state index in [9.17, 15) is 4.79 Å². The van der Waals surface area contributed by atoms with Gasteiger partial charge in [0.25, 0.3) is 0 Å². The molecule has 0 fully saturated rings. The highest BCUT2D eigenvalue weighted by molar-refractivity contribution is 9.10. The summed E-state index contributed by atoms with van der Waals surface area (Å²) in [5.41, 5.74) is 2.97. The molecule has 1 aromatic carbocycles. The minimum atomic E-state index is -0.134. The first-order chi connectivity index (χ1) is 8.65. The topological polar surface area (TPSA) is 29.1 Å². The van der Waals surface area contributed by atoms with Gasteiger partial charge >= 0.3 is 0 Å². The highest BCUT2D eigenvalue weighted by Crippen LogP contribution is 2.23. The lowest BCUT2D eigenvalue weighted by Gasteiger charge is -2.05. The highest BCUT2D eigenvalue weighted by atomic mass is 79.9. The quantitative estimate of drug-likeness (QED) is 0.830.